The molecule has 222 valence electrons. The van der Waals surface area contributed by atoms with Crippen LogP contribution in [0.4, 0.5) is 20.2 Å². The number of anilines is 2. The van der Waals surface area contributed by atoms with Crippen molar-refractivity contribution in [2.75, 3.05) is 36.0 Å². The maximum Gasteiger partial charge on any atom is 0.350 e. The number of hydrogen-bond donors (Lipinski definition) is 1. The number of rotatable bonds is 8. The minimum Gasteiger partial charge on any atom is -0.381 e. The Balaban J connectivity index is 1.18. The van der Waals surface area contributed by atoms with E-state index in [0.717, 1.165) is 48.7 Å². The van der Waals surface area contributed by atoms with Gasteiger partial charge in [-0.15, -0.1) is 0 Å². The molecule has 1 saturated heterocycles. The number of aromatic nitrogens is 6. The molecule has 1 atom stereocenters. The van der Waals surface area contributed by atoms with Crippen molar-refractivity contribution in [1.82, 2.24) is 29.1 Å². The molecule has 10 nitrogen and oxygen atoms in total. The molecule has 0 radical (unpaired) electrons. The van der Waals surface area contributed by atoms with Crippen LogP contribution in [0.25, 0.3) is 5.69 Å². The van der Waals surface area contributed by atoms with Crippen LogP contribution in [-0.2, 0) is 18.7 Å². The Morgan fingerprint density at radius 2 is 1.56 bits per heavy atom. The van der Waals surface area contributed by atoms with Crippen molar-refractivity contribution >= 4 is 11.4 Å². The van der Waals surface area contributed by atoms with Crippen molar-refractivity contribution in [1.29, 1.82) is 0 Å². The first-order valence-corrected chi connectivity index (χ1v) is 14.0. The fraction of sp³-hybridized carbons (Fsp3) is 0.290. The van der Waals surface area contributed by atoms with Gasteiger partial charge in [-0.05, 0) is 55.8 Å². The highest BCUT2D eigenvalue weighted by Crippen LogP contribution is 2.28. The Labute approximate surface area is 247 Å². The summed E-state index contributed by atoms with van der Waals surface area (Å²) in [7, 11) is 0. The molecule has 6 rings (SSSR count). The second-order valence-electron chi connectivity index (χ2n) is 11.0. The van der Waals surface area contributed by atoms with Crippen LogP contribution in [0.3, 0.4) is 0 Å². The molecular formula is C31H32F2N8O2. The van der Waals surface area contributed by atoms with Gasteiger partial charge < -0.3 is 14.9 Å². The first-order valence-electron chi connectivity index (χ1n) is 14.0. The Morgan fingerprint density at radius 1 is 0.837 bits per heavy atom. The third-order valence-corrected chi connectivity index (χ3v) is 7.93. The first kappa shape index (κ1) is 28.3. The molecule has 12 heteroatoms. The standard InChI is InChI=1S/C31H32F2N8O2/c1-22-3-10-29(23(2)15-22)38-13-11-37(12-14-38)25-5-7-26(8-6-25)40-21-36-41(30(40)42)18-31(43,17-39-20-34-19-35-39)27-9-4-24(32)16-28(27)33/h3-10,15-16,19-21,43H,11-14,17-18H2,1-2H3. The summed E-state index contributed by atoms with van der Waals surface area (Å²) in [4.78, 5) is 22.0. The van der Waals surface area contributed by atoms with E-state index in [-0.39, 0.29) is 12.1 Å². The molecule has 5 aromatic rings. The summed E-state index contributed by atoms with van der Waals surface area (Å²) >= 11 is 0. The Morgan fingerprint density at radius 3 is 2.23 bits per heavy atom. The fourth-order valence-electron chi connectivity index (χ4n) is 5.73. The molecule has 1 aliphatic heterocycles. The molecule has 1 unspecified atom stereocenters. The normalized spacial score (nSPS) is 15.1. The number of aryl methyl sites for hydroxylation is 2. The monoisotopic (exact) mass is 586 g/mol. The van der Waals surface area contributed by atoms with Gasteiger partial charge in [0.05, 0.1) is 18.8 Å². The number of benzene rings is 3. The van der Waals surface area contributed by atoms with Gasteiger partial charge in [-0.1, -0.05) is 23.8 Å². The Hall–Kier alpha value is -4.84. The molecule has 2 aromatic heterocycles. The summed E-state index contributed by atoms with van der Waals surface area (Å²) in [6.45, 7) is 7.17. The third-order valence-electron chi connectivity index (χ3n) is 7.93. The van der Waals surface area contributed by atoms with E-state index in [4.69, 9.17) is 0 Å². The van der Waals surface area contributed by atoms with Gasteiger partial charge in [0.2, 0.25) is 0 Å². The Kier molecular flexibility index (Phi) is 7.53. The lowest BCUT2D eigenvalue weighted by Crippen LogP contribution is -2.46. The fourth-order valence-corrected chi connectivity index (χ4v) is 5.73. The van der Waals surface area contributed by atoms with Crippen LogP contribution >= 0.6 is 0 Å². The van der Waals surface area contributed by atoms with Crippen molar-refractivity contribution in [2.24, 2.45) is 0 Å². The minimum absolute atomic E-state index is 0.187. The van der Waals surface area contributed by atoms with E-state index < -0.39 is 29.5 Å². The van der Waals surface area contributed by atoms with Crippen molar-refractivity contribution < 1.29 is 13.9 Å². The summed E-state index contributed by atoms with van der Waals surface area (Å²) in [5, 5.41) is 19.8. The molecule has 0 aliphatic carbocycles. The van der Waals surface area contributed by atoms with Crippen LogP contribution in [0, 0.1) is 25.5 Å². The van der Waals surface area contributed by atoms with E-state index in [9.17, 15) is 18.7 Å². The van der Waals surface area contributed by atoms with Gasteiger partial charge in [0, 0.05) is 49.2 Å². The third kappa shape index (κ3) is 5.78. The van der Waals surface area contributed by atoms with Gasteiger partial charge >= 0.3 is 5.69 Å². The van der Waals surface area contributed by atoms with E-state index >= 15 is 0 Å². The average Bonchev–Trinajstić information content (AvgIpc) is 3.62. The molecule has 0 amide bonds. The summed E-state index contributed by atoms with van der Waals surface area (Å²) in [5.74, 6) is -1.72. The molecule has 1 N–H and O–H groups in total. The number of nitrogens with zero attached hydrogens (tertiary/aromatic N) is 8. The predicted octanol–water partition coefficient (Wildman–Crippen LogP) is 3.44. The molecular weight excluding hydrogens is 554 g/mol. The zero-order chi connectivity index (χ0) is 30.1. The quantitative estimate of drug-likeness (QED) is 0.298. The average molecular weight is 587 g/mol. The second kappa shape index (κ2) is 11.4. The lowest BCUT2D eigenvalue weighted by molar-refractivity contribution is -0.00948. The molecule has 3 aromatic carbocycles. The van der Waals surface area contributed by atoms with Crippen molar-refractivity contribution in [3.63, 3.8) is 0 Å². The highest BCUT2D eigenvalue weighted by Gasteiger charge is 2.35. The van der Waals surface area contributed by atoms with Gasteiger partial charge in [-0.2, -0.15) is 10.2 Å². The van der Waals surface area contributed by atoms with Gasteiger partial charge in [0.25, 0.3) is 0 Å². The number of aliphatic hydroxyl groups is 1. The number of halogens is 2. The topological polar surface area (TPSA) is 97.2 Å². The molecule has 0 bridgehead atoms. The van der Waals surface area contributed by atoms with Crippen LogP contribution in [0.2, 0.25) is 0 Å². The maximum absolute atomic E-state index is 14.8. The molecule has 3 heterocycles. The van der Waals surface area contributed by atoms with Crippen LogP contribution in [0.5, 0.6) is 0 Å². The van der Waals surface area contributed by atoms with Gasteiger partial charge in [-0.3, -0.25) is 0 Å². The molecule has 1 aliphatic rings. The molecule has 43 heavy (non-hydrogen) atoms. The lowest BCUT2D eigenvalue weighted by Gasteiger charge is -2.38. The highest BCUT2D eigenvalue weighted by molar-refractivity contribution is 5.57. The van der Waals surface area contributed by atoms with Crippen molar-refractivity contribution in [3.05, 3.63) is 118 Å². The van der Waals surface area contributed by atoms with Gasteiger partial charge in [-0.25, -0.2) is 32.5 Å². The minimum atomic E-state index is -1.97. The smallest absolute Gasteiger partial charge is 0.350 e. The summed E-state index contributed by atoms with van der Waals surface area (Å²) in [5.41, 5.74) is 2.78. The van der Waals surface area contributed by atoms with Crippen molar-refractivity contribution in [3.8, 4) is 5.69 Å². The van der Waals surface area contributed by atoms with E-state index in [0.29, 0.717) is 11.8 Å². The number of hydrogen-bond acceptors (Lipinski definition) is 7. The SMILES string of the molecule is Cc1ccc(N2CCN(c3ccc(-n4cnn(CC(O)(Cn5cncn5)c5ccc(F)cc5F)c4=O)cc3)CC2)c(C)c1. The first-order chi connectivity index (χ1) is 20.7. The molecule has 0 saturated carbocycles. The molecule has 0 spiro atoms. The predicted molar refractivity (Wildman–Crippen MR) is 158 cm³/mol. The Bertz CT molecular complexity index is 1780. The van der Waals surface area contributed by atoms with Crippen LogP contribution in [0.1, 0.15) is 16.7 Å². The summed E-state index contributed by atoms with van der Waals surface area (Å²) in [6.07, 6.45) is 3.99. The van der Waals surface area contributed by atoms with Gasteiger partial charge in [0.1, 0.15) is 36.2 Å². The maximum atomic E-state index is 14.8. The zero-order valence-corrected chi connectivity index (χ0v) is 23.9. The van der Waals surface area contributed by atoms with E-state index in [1.54, 1.807) is 0 Å². The summed E-state index contributed by atoms with van der Waals surface area (Å²) < 4.78 is 32.2. The second-order valence-corrected chi connectivity index (χ2v) is 11.0. The van der Waals surface area contributed by atoms with Crippen LogP contribution < -0.4 is 15.5 Å². The van der Waals surface area contributed by atoms with E-state index in [1.165, 1.54) is 45.0 Å². The van der Waals surface area contributed by atoms with Crippen LogP contribution in [-0.4, -0.2) is 60.4 Å². The van der Waals surface area contributed by atoms with Crippen molar-refractivity contribution in [2.45, 2.75) is 32.5 Å². The van der Waals surface area contributed by atoms with E-state index in [1.807, 2.05) is 24.3 Å². The molecule has 1 fully saturated rings. The number of piperazine rings is 1. The van der Waals surface area contributed by atoms with Crippen LogP contribution in [0.15, 0.2) is 84.4 Å². The summed E-state index contributed by atoms with van der Waals surface area (Å²) in [6, 6.07) is 17.1. The zero-order valence-electron chi connectivity index (χ0n) is 23.9. The largest absolute Gasteiger partial charge is 0.381 e. The lowest BCUT2D eigenvalue weighted by atomic mass is 9.93. The highest BCUT2D eigenvalue weighted by atomic mass is 19.1. The van der Waals surface area contributed by atoms with Gasteiger partial charge in [0.15, 0.2) is 0 Å². The van der Waals surface area contributed by atoms with E-state index in [2.05, 4.69) is 57.0 Å².